The zero-order valence-corrected chi connectivity index (χ0v) is 17.9. The van der Waals surface area contributed by atoms with Gasteiger partial charge in [0.2, 0.25) is 0 Å². The van der Waals surface area contributed by atoms with Crippen LogP contribution in [0.5, 0.6) is 0 Å². The Labute approximate surface area is 177 Å². The molecular weight excluding hydrogens is 380 g/mol. The summed E-state index contributed by atoms with van der Waals surface area (Å²) in [5.74, 6) is 0.698. The summed E-state index contributed by atoms with van der Waals surface area (Å²) in [6, 6.07) is 13.6. The molecule has 2 amide bonds. The van der Waals surface area contributed by atoms with Gasteiger partial charge in [-0.05, 0) is 51.3 Å². The Balaban J connectivity index is 1.46. The summed E-state index contributed by atoms with van der Waals surface area (Å²) in [6.45, 7) is 7.62. The molecule has 1 aromatic heterocycles. The second-order valence-electron chi connectivity index (χ2n) is 8.48. The number of carbonyl (C=O) groups excluding carboxylic acids is 2. The third-order valence-corrected chi connectivity index (χ3v) is 4.85. The number of ether oxygens (including phenoxy) is 1. The number of carbonyl (C=O) groups is 2. The minimum absolute atomic E-state index is 0.0964. The number of nitrogens with one attached hydrogen (secondary N) is 2. The number of rotatable bonds is 5. The van der Waals surface area contributed by atoms with Crippen molar-refractivity contribution in [1.82, 2.24) is 15.6 Å². The van der Waals surface area contributed by atoms with Gasteiger partial charge in [0.25, 0.3) is 5.91 Å². The highest BCUT2D eigenvalue weighted by molar-refractivity contribution is 5.94. The van der Waals surface area contributed by atoms with E-state index in [9.17, 15) is 9.59 Å². The van der Waals surface area contributed by atoms with Crippen molar-refractivity contribution in [2.45, 2.75) is 51.8 Å². The normalized spacial score (nSPS) is 14.8. The fraction of sp³-hybridized carbons (Fsp3) is 0.435. The number of amides is 2. The van der Waals surface area contributed by atoms with Crippen molar-refractivity contribution < 1.29 is 14.3 Å². The molecule has 2 aromatic rings. The first-order valence-corrected chi connectivity index (χ1v) is 10.3. The maximum absolute atomic E-state index is 12.3. The van der Waals surface area contributed by atoms with Crippen molar-refractivity contribution >= 4 is 17.8 Å². The van der Waals surface area contributed by atoms with Crippen molar-refractivity contribution in [1.29, 1.82) is 0 Å². The molecule has 0 saturated carbocycles. The Bertz CT molecular complexity index is 839. The minimum Gasteiger partial charge on any atom is -0.444 e. The van der Waals surface area contributed by atoms with E-state index < -0.39 is 5.60 Å². The number of pyridine rings is 1. The SMILES string of the molecule is CC(C)(C)OC(=O)NC1CCN(c2ccc(C(=O)NCc3ccccc3)cn2)CC1. The lowest BCUT2D eigenvalue weighted by atomic mass is 10.1. The molecular formula is C23H30N4O3. The quantitative estimate of drug-likeness (QED) is 0.788. The van der Waals surface area contributed by atoms with Gasteiger partial charge in [-0.25, -0.2) is 9.78 Å². The molecule has 0 spiro atoms. The first kappa shape index (κ1) is 21.6. The molecule has 2 heterocycles. The van der Waals surface area contributed by atoms with E-state index in [1.54, 1.807) is 12.3 Å². The molecule has 0 atom stereocenters. The number of benzene rings is 1. The second kappa shape index (κ2) is 9.61. The van der Waals surface area contributed by atoms with Crippen LogP contribution in [-0.2, 0) is 11.3 Å². The lowest BCUT2D eigenvalue weighted by Crippen LogP contribution is -2.46. The smallest absolute Gasteiger partial charge is 0.407 e. The van der Waals surface area contributed by atoms with Crippen molar-refractivity contribution in [2.75, 3.05) is 18.0 Å². The highest BCUT2D eigenvalue weighted by atomic mass is 16.6. The fourth-order valence-electron chi connectivity index (χ4n) is 3.31. The van der Waals surface area contributed by atoms with E-state index in [0.29, 0.717) is 12.1 Å². The molecule has 3 rings (SSSR count). The summed E-state index contributed by atoms with van der Waals surface area (Å²) in [7, 11) is 0. The van der Waals surface area contributed by atoms with E-state index in [2.05, 4.69) is 20.5 Å². The molecule has 2 N–H and O–H groups in total. The van der Waals surface area contributed by atoms with Crippen LogP contribution in [0.25, 0.3) is 0 Å². The van der Waals surface area contributed by atoms with Crippen molar-refractivity contribution in [2.24, 2.45) is 0 Å². The van der Waals surface area contributed by atoms with Gasteiger partial charge in [-0.1, -0.05) is 30.3 Å². The van der Waals surface area contributed by atoms with Crippen LogP contribution in [0.2, 0.25) is 0 Å². The van der Waals surface area contributed by atoms with Crippen LogP contribution in [0.4, 0.5) is 10.6 Å². The van der Waals surface area contributed by atoms with Gasteiger partial charge < -0.3 is 20.3 Å². The summed E-state index contributed by atoms with van der Waals surface area (Å²) in [5, 5.41) is 5.85. The predicted molar refractivity (Wildman–Crippen MR) is 116 cm³/mol. The van der Waals surface area contributed by atoms with E-state index in [1.807, 2.05) is 57.2 Å². The summed E-state index contributed by atoms with van der Waals surface area (Å²) < 4.78 is 5.32. The van der Waals surface area contributed by atoms with Gasteiger partial charge in [0.15, 0.2) is 0 Å². The first-order chi connectivity index (χ1) is 14.3. The van der Waals surface area contributed by atoms with Crippen molar-refractivity contribution in [3.63, 3.8) is 0 Å². The van der Waals surface area contributed by atoms with Crippen LogP contribution >= 0.6 is 0 Å². The van der Waals surface area contributed by atoms with Gasteiger partial charge in [0, 0.05) is 31.9 Å². The summed E-state index contributed by atoms with van der Waals surface area (Å²) in [5.41, 5.74) is 1.10. The summed E-state index contributed by atoms with van der Waals surface area (Å²) >= 11 is 0. The number of anilines is 1. The number of piperidine rings is 1. The van der Waals surface area contributed by atoms with Crippen LogP contribution in [-0.4, -0.2) is 41.7 Å². The van der Waals surface area contributed by atoms with E-state index in [-0.39, 0.29) is 18.0 Å². The Morgan fingerprint density at radius 1 is 1.10 bits per heavy atom. The average Bonchev–Trinajstić information content (AvgIpc) is 2.72. The third-order valence-electron chi connectivity index (χ3n) is 4.85. The second-order valence-corrected chi connectivity index (χ2v) is 8.48. The monoisotopic (exact) mass is 410 g/mol. The van der Waals surface area contributed by atoms with E-state index in [0.717, 1.165) is 37.3 Å². The third kappa shape index (κ3) is 6.47. The Morgan fingerprint density at radius 2 is 1.80 bits per heavy atom. The molecule has 1 aromatic carbocycles. The maximum Gasteiger partial charge on any atom is 0.407 e. The molecule has 1 aliphatic rings. The number of nitrogens with zero attached hydrogens (tertiary/aromatic N) is 2. The summed E-state index contributed by atoms with van der Waals surface area (Å²) in [4.78, 5) is 30.9. The van der Waals surface area contributed by atoms with Crippen molar-refractivity contribution in [3.8, 4) is 0 Å². The zero-order chi connectivity index (χ0) is 21.6. The van der Waals surface area contributed by atoms with Crippen LogP contribution in [0, 0.1) is 0 Å². The number of aromatic nitrogens is 1. The first-order valence-electron chi connectivity index (χ1n) is 10.3. The number of hydrogen-bond donors (Lipinski definition) is 2. The minimum atomic E-state index is -0.496. The molecule has 0 aliphatic carbocycles. The van der Waals surface area contributed by atoms with Gasteiger partial charge in [0.05, 0.1) is 5.56 Å². The highest BCUT2D eigenvalue weighted by Crippen LogP contribution is 2.19. The van der Waals surface area contributed by atoms with Crippen LogP contribution in [0.3, 0.4) is 0 Å². The largest absolute Gasteiger partial charge is 0.444 e. The molecule has 1 saturated heterocycles. The maximum atomic E-state index is 12.3. The zero-order valence-electron chi connectivity index (χ0n) is 17.9. The van der Waals surface area contributed by atoms with Crippen LogP contribution < -0.4 is 15.5 Å². The average molecular weight is 411 g/mol. The Morgan fingerprint density at radius 3 is 2.40 bits per heavy atom. The van der Waals surface area contributed by atoms with Gasteiger partial charge in [0.1, 0.15) is 11.4 Å². The van der Waals surface area contributed by atoms with Crippen LogP contribution in [0.1, 0.15) is 49.5 Å². The van der Waals surface area contributed by atoms with E-state index >= 15 is 0 Å². The molecule has 1 fully saturated rings. The molecule has 0 unspecified atom stereocenters. The molecule has 0 radical (unpaired) electrons. The topological polar surface area (TPSA) is 83.6 Å². The van der Waals surface area contributed by atoms with E-state index in [1.165, 1.54) is 0 Å². The molecule has 0 bridgehead atoms. The number of hydrogen-bond acceptors (Lipinski definition) is 5. The van der Waals surface area contributed by atoms with Gasteiger partial charge in [-0.2, -0.15) is 0 Å². The standard InChI is InChI=1S/C23H30N4O3/c1-23(2,3)30-22(29)26-19-11-13-27(14-12-19)20-10-9-18(16-24-20)21(28)25-15-17-7-5-4-6-8-17/h4-10,16,19H,11-15H2,1-3H3,(H,25,28)(H,26,29). The highest BCUT2D eigenvalue weighted by Gasteiger charge is 2.24. The number of alkyl carbamates (subject to hydrolysis) is 1. The van der Waals surface area contributed by atoms with Crippen molar-refractivity contribution in [3.05, 3.63) is 59.8 Å². The molecule has 7 nitrogen and oxygen atoms in total. The summed E-state index contributed by atoms with van der Waals surface area (Å²) in [6.07, 6.45) is 2.88. The molecule has 30 heavy (non-hydrogen) atoms. The fourth-order valence-corrected chi connectivity index (χ4v) is 3.31. The molecule has 1 aliphatic heterocycles. The Hall–Kier alpha value is -3.09. The lowest BCUT2D eigenvalue weighted by Gasteiger charge is -2.33. The predicted octanol–water partition coefficient (Wildman–Crippen LogP) is 3.51. The van der Waals surface area contributed by atoms with Gasteiger partial charge in [-0.15, -0.1) is 0 Å². The van der Waals surface area contributed by atoms with Gasteiger partial charge in [-0.3, -0.25) is 4.79 Å². The van der Waals surface area contributed by atoms with Crippen LogP contribution in [0.15, 0.2) is 48.7 Å². The molecule has 160 valence electrons. The van der Waals surface area contributed by atoms with Gasteiger partial charge >= 0.3 is 6.09 Å². The lowest BCUT2D eigenvalue weighted by molar-refractivity contribution is 0.0497. The molecule has 7 heteroatoms. The Kier molecular flexibility index (Phi) is 6.92. The van der Waals surface area contributed by atoms with E-state index in [4.69, 9.17) is 4.74 Å².